The van der Waals surface area contributed by atoms with E-state index in [4.69, 9.17) is 13.6 Å². The van der Waals surface area contributed by atoms with Gasteiger partial charge in [-0.25, -0.2) is 0 Å². The zero-order valence-corrected chi connectivity index (χ0v) is 9.26. The van der Waals surface area contributed by atoms with Gasteiger partial charge in [-0.15, -0.1) is 0 Å². The number of aryl methyl sites for hydroxylation is 1. The number of anilines is 1. The van der Waals surface area contributed by atoms with Crippen LogP contribution >= 0.6 is 0 Å². The summed E-state index contributed by atoms with van der Waals surface area (Å²) >= 11 is 0. The van der Waals surface area contributed by atoms with Crippen LogP contribution in [0.4, 0.5) is 5.69 Å². The lowest BCUT2D eigenvalue weighted by Gasteiger charge is -2.08. The molecule has 3 N–H and O–H groups in total. The molecule has 2 heterocycles. The van der Waals surface area contributed by atoms with Gasteiger partial charge in [0.25, 0.3) is 0 Å². The number of nitrogens with one attached hydrogen (secondary N) is 1. The Bertz CT molecular complexity index is 514. The van der Waals surface area contributed by atoms with E-state index in [0.29, 0.717) is 17.2 Å². The molecule has 0 aliphatic rings. The lowest BCUT2D eigenvalue weighted by molar-refractivity contribution is 0.876. The van der Waals surface area contributed by atoms with E-state index in [1.54, 1.807) is 0 Å². The average Bonchev–Trinajstić information content (AvgIpc) is 2.58. The highest BCUT2D eigenvalue weighted by Crippen LogP contribution is 2.27. The van der Waals surface area contributed by atoms with E-state index in [2.05, 4.69) is 23.8 Å². The van der Waals surface area contributed by atoms with Crippen LogP contribution in [0.1, 0.15) is 31.0 Å². The first-order valence-electron chi connectivity index (χ1n) is 5.05. The molecule has 0 saturated carbocycles. The van der Waals surface area contributed by atoms with Crippen LogP contribution < -0.4 is 11.3 Å². The minimum atomic E-state index is 0.407. The first-order valence-corrected chi connectivity index (χ1v) is 5.05. The fourth-order valence-electron chi connectivity index (χ4n) is 1.86. The maximum atomic E-state index is 5.95. The fourth-order valence-corrected chi connectivity index (χ4v) is 1.86. The van der Waals surface area contributed by atoms with Crippen LogP contribution in [-0.2, 0) is 0 Å². The highest BCUT2D eigenvalue weighted by atomic mass is 14.8. The number of nitrogens with zero attached hydrogens (tertiary/aromatic N) is 1. The number of rotatable bonds is 1. The van der Waals surface area contributed by atoms with Gasteiger partial charge in [0.05, 0.1) is 16.9 Å². The third-order valence-corrected chi connectivity index (χ3v) is 2.74. The molecule has 0 spiro atoms. The number of hydrogen-bond donors (Lipinski definition) is 2. The number of aromatic nitrogens is 2. The predicted molar refractivity (Wildman–Crippen MR) is 64.7 cm³/mol. The highest BCUT2D eigenvalue weighted by Gasteiger charge is 2.13. The average molecular weight is 199 g/mol. The molecule has 0 aromatic carbocycles. The van der Waals surface area contributed by atoms with Crippen molar-refractivity contribution >= 4 is 30.0 Å². The summed E-state index contributed by atoms with van der Waals surface area (Å²) < 4.78 is 0. The molecule has 76 valence electrons. The Labute approximate surface area is 90.5 Å². The molecule has 0 unspecified atom stereocenters. The minimum Gasteiger partial charge on any atom is -0.396 e. The minimum absolute atomic E-state index is 0.407. The number of aromatic amines is 1. The summed E-state index contributed by atoms with van der Waals surface area (Å²) in [6.45, 7) is 6.11. The molecule has 4 heteroatoms. The largest absolute Gasteiger partial charge is 0.396 e. The van der Waals surface area contributed by atoms with Crippen LogP contribution in [0.2, 0.25) is 0 Å². The molecule has 2 radical (unpaired) electrons. The van der Waals surface area contributed by atoms with Crippen LogP contribution in [0.5, 0.6) is 0 Å². The Morgan fingerprint density at radius 2 is 2.13 bits per heavy atom. The summed E-state index contributed by atoms with van der Waals surface area (Å²) in [5.74, 6) is 0.407. The molecular weight excluding hydrogens is 185 g/mol. The Hall–Kier alpha value is -1.45. The zero-order chi connectivity index (χ0) is 11.2. The van der Waals surface area contributed by atoms with Crippen molar-refractivity contribution in [3.05, 3.63) is 17.5 Å². The molecule has 0 aliphatic carbocycles. The molecule has 0 amide bonds. The molecule has 2 rings (SSSR count). The first-order chi connectivity index (χ1) is 7.02. The van der Waals surface area contributed by atoms with Gasteiger partial charge in [0.1, 0.15) is 7.85 Å². The van der Waals surface area contributed by atoms with Gasteiger partial charge in [0.2, 0.25) is 0 Å². The van der Waals surface area contributed by atoms with Crippen molar-refractivity contribution in [3.63, 3.8) is 0 Å². The van der Waals surface area contributed by atoms with E-state index >= 15 is 0 Å². The van der Waals surface area contributed by atoms with Crippen molar-refractivity contribution in [2.45, 2.75) is 26.7 Å². The number of hydrogen-bond acceptors (Lipinski definition) is 2. The Kier molecular flexibility index (Phi) is 2.22. The number of nitrogen functional groups attached to an aromatic ring is 1. The predicted octanol–water partition coefficient (Wildman–Crippen LogP) is 1.37. The Morgan fingerprint density at radius 1 is 1.47 bits per heavy atom. The van der Waals surface area contributed by atoms with Crippen LogP contribution in [0.25, 0.3) is 10.9 Å². The molecule has 2 aromatic rings. The van der Waals surface area contributed by atoms with Crippen molar-refractivity contribution in [1.82, 2.24) is 9.97 Å². The van der Waals surface area contributed by atoms with Gasteiger partial charge in [-0.2, -0.15) is 0 Å². The Balaban J connectivity index is 2.87. The monoisotopic (exact) mass is 199 g/mol. The molecule has 0 fully saturated rings. The third-order valence-electron chi connectivity index (χ3n) is 2.74. The van der Waals surface area contributed by atoms with Gasteiger partial charge >= 0.3 is 0 Å². The van der Waals surface area contributed by atoms with Crippen molar-refractivity contribution in [2.75, 3.05) is 5.73 Å². The summed E-state index contributed by atoms with van der Waals surface area (Å²) in [5.41, 5.74) is 10.0. The Morgan fingerprint density at radius 3 is 2.73 bits per heavy atom. The number of H-pyrrole nitrogens is 1. The van der Waals surface area contributed by atoms with Crippen LogP contribution in [0.3, 0.4) is 0 Å². The van der Waals surface area contributed by atoms with Crippen LogP contribution in [-0.4, -0.2) is 17.8 Å². The van der Waals surface area contributed by atoms with Gasteiger partial charge in [-0.1, -0.05) is 13.8 Å². The van der Waals surface area contributed by atoms with Gasteiger partial charge in [0, 0.05) is 11.6 Å². The van der Waals surface area contributed by atoms with Crippen molar-refractivity contribution in [2.24, 2.45) is 0 Å². The molecule has 0 aliphatic heterocycles. The SMILES string of the molecule is [B]c1nc(C)c(N)c2[nH]cc(C(C)C)c12. The zero-order valence-electron chi connectivity index (χ0n) is 9.26. The summed E-state index contributed by atoms with van der Waals surface area (Å²) in [7, 11) is 5.92. The normalized spacial score (nSPS) is 11.5. The topological polar surface area (TPSA) is 54.7 Å². The van der Waals surface area contributed by atoms with E-state index in [-0.39, 0.29) is 0 Å². The van der Waals surface area contributed by atoms with E-state index in [0.717, 1.165) is 16.6 Å². The van der Waals surface area contributed by atoms with E-state index in [9.17, 15) is 0 Å². The lowest BCUT2D eigenvalue weighted by Crippen LogP contribution is -2.13. The second-order valence-corrected chi connectivity index (χ2v) is 4.14. The maximum Gasteiger partial charge on any atom is 0.142 e. The third kappa shape index (κ3) is 1.40. The van der Waals surface area contributed by atoms with Gasteiger partial charge in [-0.3, -0.25) is 4.98 Å². The smallest absolute Gasteiger partial charge is 0.142 e. The summed E-state index contributed by atoms with van der Waals surface area (Å²) in [5, 5.41) is 0.966. The molecular formula is C11H14BN3. The van der Waals surface area contributed by atoms with Crippen molar-refractivity contribution < 1.29 is 0 Å². The first kappa shape index (κ1) is 10.1. The number of pyridine rings is 1. The summed E-state index contributed by atoms with van der Waals surface area (Å²) in [6.07, 6.45) is 1.96. The second kappa shape index (κ2) is 3.30. The molecule has 3 nitrogen and oxygen atoms in total. The summed E-state index contributed by atoms with van der Waals surface area (Å²) in [6, 6.07) is 0. The fraction of sp³-hybridized carbons (Fsp3) is 0.364. The standard InChI is InChI=1S/C11H14BN3/c1-5(2)7-4-14-10-8(7)11(12)15-6(3)9(10)13/h4-5,14H,13H2,1-3H3. The quantitative estimate of drug-likeness (QED) is 0.681. The molecule has 0 bridgehead atoms. The van der Waals surface area contributed by atoms with Gasteiger partial charge in [0.15, 0.2) is 0 Å². The molecule has 0 saturated heterocycles. The van der Waals surface area contributed by atoms with E-state index < -0.39 is 0 Å². The summed E-state index contributed by atoms with van der Waals surface area (Å²) in [4.78, 5) is 7.42. The van der Waals surface area contributed by atoms with Gasteiger partial charge in [-0.05, 0) is 24.0 Å². The van der Waals surface area contributed by atoms with E-state index in [1.807, 2.05) is 13.1 Å². The number of fused-ring (bicyclic) bond motifs is 1. The molecule has 0 atom stereocenters. The molecule has 2 aromatic heterocycles. The van der Waals surface area contributed by atoms with E-state index in [1.165, 1.54) is 5.56 Å². The van der Waals surface area contributed by atoms with Crippen LogP contribution in [0, 0.1) is 6.92 Å². The van der Waals surface area contributed by atoms with Crippen molar-refractivity contribution in [1.29, 1.82) is 0 Å². The van der Waals surface area contributed by atoms with Crippen molar-refractivity contribution in [3.8, 4) is 0 Å². The second-order valence-electron chi connectivity index (χ2n) is 4.14. The number of nitrogens with two attached hydrogens (primary N) is 1. The lowest BCUT2D eigenvalue weighted by atomic mass is 9.92. The van der Waals surface area contributed by atoms with Crippen LogP contribution in [0.15, 0.2) is 6.20 Å². The van der Waals surface area contributed by atoms with Gasteiger partial charge < -0.3 is 10.7 Å². The maximum absolute atomic E-state index is 5.95. The highest BCUT2D eigenvalue weighted by molar-refractivity contribution is 6.38. The molecule has 15 heavy (non-hydrogen) atoms.